The van der Waals surface area contributed by atoms with Crippen LogP contribution < -0.4 is 10.6 Å². The fourth-order valence-corrected chi connectivity index (χ4v) is 2.84. The van der Waals surface area contributed by atoms with E-state index in [0.717, 1.165) is 0 Å². The Hall–Kier alpha value is -1.80. The molecule has 0 bridgehead atoms. The number of hydrogen-bond acceptors (Lipinski definition) is 3. The summed E-state index contributed by atoms with van der Waals surface area (Å²) in [6, 6.07) is 1.93. The molecule has 1 aliphatic carbocycles. The van der Waals surface area contributed by atoms with Gasteiger partial charge in [-0.15, -0.1) is 0 Å². The summed E-state index contributed by atoms with van der Waals surface area (Å²) >= 11 is 3.23. The molecule has 4 N–H and O–H groups in total. The monoisotopic (exact) mass is 340 g/mol. The Morgan fingerprint density at radius 3 is 2.95 bits per heavy atom. The van der Waals surface area contributed by atoms with E-state index in [1.54, 1.807) is 18.2 Å². The highest BCUT2D eigenvalue weighted by Crippen LogP contribution is 2.31. The quantitative estimate of drug-likeness (QED) is 0.577. The van der Waals surface area contributed by atoms with Gasteiger partial charge in [-0.3, -0.25) is 9.69 Å². The van der Waals surface area contributed by atoms with Crippen LogP contribution in [0.2, 0.25) is 0 Å². The molecule has 1 aromatic rings. The zero-order valence-corrected chi connectivity index (χ0v) is 12.1. The van der Waals surface area contributed by atoms with Crippen LogP contribution >= 0.6 is 15.9 Å². The summed E-state index contributed by atoms with van der Waals surface area (Å²) in [6.07, 6.45) is 3.20. The van der Waals surface area contributed by atoms with E-state index in [4.69, 9.17) is 0 Å². The summed E-state index contributed by atoms with van der Waals surface area (Å²) in [5.41, 5.74) is -0.996. The van der Waals surface area contributed by atoms with Crippen LogP contribution in [-0.2, 0) is 0 Å². The molecule has 3 rings (SSSR count). The Bertz CT molecular complexity index is 614. The lowest BCUT2D eigenvalue weighted by Gasteiger charge is -2.28. The number of nitrogens with zero attached hydrogens (tertiary/aromatic N) is 1. The molecule has 1 saturated heterocycles. The van der Waals surface area contributed by atoms with E-state index in [9.17, 15) is 14.7 Å². The SMILES string of the molecule is CN1C(=O)N[C@H]2[C@H](NC(=O)c3ccc(Br)[nH]3)C=C[C@]21O. The van der Waals surface area contributed by atoms with Gasteiger partial charge in [-0.25, -0.2) is 4.79 Å². The number of likely N-dealkylation sites (N-methyl/N-ethyl adjacent to an activating group) is 1. The van der Waals surface area contributed by atoms with Gasteiger partial charge in [0.05, 0.1) is 10.6 Å². The van der Waals surface area contributed by atoms with E-state index in [-0.39, 0.29) is 11.9 Å². The minimum atomic E-state index is -1.40. The first kappa shape index (κ1) is 13.2. The van der Waals surface area contributed by atoms with E-state index in [1.165, 1.54) is 18.0 Å². The molecule has 1 aromatic heterocycles. The number of halogens is 1. The van der Waals surface area contributed by atoms with E-state index in [0.29, 0.717) is 10.3 Å². The molecular weight excluding hydrogens is 328 g/mol. The van der Waals surface area contributed by atoms with Gasteiger partial charge in [0, 0.05) is 7.05 Å². The first-order valence-corrected chi connectivity index (χ1v) is 6.82. The Kier molecular flexibility index (Phi) is 2.87. The van der Waals surface area contributed by atoms with Crippen LogP contribution in [0.3, 0.4) is 0 Å². The van der Waals surface area contributed by atoms with Crippen molar-refractivity contribution < 1.29 is 14.7 Å². The average molecular weight is 341 g/mol. The summed E-state index contributed by atoms with van der Waals surface area (Å²) in [5.74, 6) is -0.307. The third-order valence-electron chi connectivity index (χ3n) is 3.68. The maximum absolute atomic E-state index is 12.1. The van der Waals surface area contributed by atoms with Crippen LogP contribution in [0, 0.1) is 0 Å². The number of carbonyl (C=O) groups is 2. The van der Waals surface area contributed by atoms with Crippen LogP contribution in [0.25, 0.3) is 0 Å². The number of amides is 3. The second-order valence-electron chi connectivity index (χ2n) is 4.85. The van der Waals surface area contributed by atoms with Gasteiger partial charge in [-0.05, 0) is 34.1 Å². The molecule has 106 valence electrons. The van der Waals surface area contributed by atoms with Crippen LogP contribution in [0.4, 0.5) is 4.79 Å². The van der Waals surface area contributed by atoms with Crippen molar-refractivity contribution in [3.63, 3.8) is 0 Å². The number of aromatic amines is 1. The van der Waals surface area contributed by atoms with Crippen LogP contribution in [-0.4, -0.2) is 51.8 Å². The summed E-state index contributed by atoms with van der Waals surface area (Å²) in [4.78, 5) is 27.7. The number of rotatable bonds is 2. The standard InChI is InChI=1S/C12H13BrN4O3/c1-17-11(19)16-9-6(4-5-12(9,17)20)15-10(18)7-2-3-8(13)14-7/h2-6,9,14,20H,1H3,(H,15,18)(H,16,19)/t6-,9+,12+/m1/s1. The number of hydrogen-bond donors (Lipinski definition) is 4. The van der Waals surface area contributed by atoms with Crippen LogP contribution in [0.5, 0.6) is 0 Å². The number of urea groups is 1. The van der Waals surface area contributed by atoms with Crippen molar-refractivity contribution in [2.24, 2.45) is 0 Å². The molecule has 3 atom stereocenters. The molecule has 7 nitrogen and oxygen atoms in total. The van der Waals surface area contributed by atoms with Crippen LogP contribution in [0.15, 0.2) is 28.9 Å². The highest BCUT2D eigenvalue weighted by molar-refractivity contribution is 9.10. The molecule has 0 aromatic carbocycles. The number of carbonyl (C=O) groups excluding carboxylic acids is 2. The normalized spacial score (nSPS) is 31.4. The number of H-pyrrole nitrogens is 1. The highest BCUT2D eigenvalue weighted by atomic mass is 79.9. The second kappa shape index (κ2) is 4.35. The Balaban J connectivity index is 1.76. The zero-order valence-electron chi connectivity index (χ0n) is 10.6. The van der Waals surface area contributed by atoms with E-state index in [1.807, 2.05) is 0 Å². The Morgan fingerprint density at radius 2 is 2.30 bits per heavy atom. The molecular formula is C12H13BrN4O3. The van der Waals surface area contributed by atoms with E-state index < -0.39 is 17.8 Å². The van der Waals surface area contributed by atoms with Gasteiger partial charge in [0.1, 0.15) is 11.7 Å². The second-order valence-corrected chi connectivity index (χ2v) is 5.70. The third-order valence-corrected chi connectivity index (χ3v) is 4.14. The summed E-state index contributed by atoms with van der Waals surface area (Å²) < 4.78 is 0.704. The van der Waals surface area contributed by atoms with Crippen molar-refractivity contribution in [2.75, 3.05) is 7.05 Å². The molecule has 1 aliphatic heterocycles. The lowest BCUT2D eigenvalue weighted by Crippen LogP contribution is -2.54. The Labute approximate surface area is 123 Å². The molecule has 2 aliphatic rings. The predicted octanol–water partition coefficient (Wildman–Crippen LogP) is 0.158. The summed E-state index contributed by atoms with van der Waals surface area (Å²) in [5, 5.41) is 15.8. The first-order valence-electron chi connectivity index (χ1n) is 6.03. The first-order chi connectivity index (χ1) is 9.41. The topological polar surface area (TPSA) is 97.5 Å². The lowest BCUT2D eigenvalue weighted by atomic mass is 10.1. The fourth-order valence-electron chi connectivity index (χ4n) is 2.49. The van der Waals surface area contributed by atoms with Crippen LogP contribution in [0.1, 0.15) is 10.5 Å². The number of aromatic nitrogens is 1. The average Bonchev–Trinajstić information content (AvgIpc) is 3.02. The summed E-state index contributed by atoms with van der Waals surface area (Å²) in [7, 11) is 1.51. The number of nitrogens with one attached hydrogen (secondary N) is 3. The molecule has 0 radical (unpaired) electrons. The largest absolute Gasteiger partial charge is 0.365 e. The van der Waals surface area contributed by atoms with E-state index >= 15 is 0 Å². The highest BCUT2D eigenvalue weighted by Gasteiger charge is 2.54. The summed E-state index contributed by atoms with van der Waals surface area (Å²) in [6.45, 7) is 0. The van der Waals surface area contributed by atoms with Crippen molar-refractivity contribution in [1.29, 1.82) is 0 Å². The van der Waals surface area contributed by atoms with Gasteiger partial charge >= 0.3 is 6.03 Å². The van der Waals surface area contributed by atoms with Gasteiger partial charge in [-0.2, -0.15) is 0 Å². The number of aliphatic hydroxyl groups is 1. The molecule has 8 heteroatoms. The predicted molar refractivity (Wildman–Crippen MR) is 73.9 cm³/mol. The Morgan fingerprint density at radius 1 is 1.55 bits per heavy atom. The lowest BCUT2D eigenvalue weighted by molar-refractivity contribution is -0.0177. The fraction of sp³-hybridized carbons (Fsp3) is 0.333. The minimum absolute atomic E-state index is 0.307. The molecule has 20 heavy (non-hydrogen) atoms. The maximum Gasteiger partial charge on any atom is 0.320 e. The van der Waals surface area contributed by atoms with Crippen molar-refractivity contribution >= 4 is 27.9 Å². The number of fused-ring (bicyclic) bond motifs is 1. The molecule has 0 saturated carbocycles. The van der Waals surface area contributed by atoms with Crippen molar-refractivity contribution in [3.05, 3.63) is 34.6 Å². The van der Waals surface area contributed by atoms with Gasteiger partial charge < -0.3 is 20.7 Å². The maximum atomic E-state index is 12.1. The molecule has 2 heterocycles. The van der Waals surface area contributed by atoms with Crippen molar-refractivity contribution in [2.45, 2.75) is 17.8 Å². The van der Waals surface area contributed by atoms with Gasteiger partial charge in [0.2, 0.25) is 0 Å². The minimum Gasteiger partial charge on any atom is -0.365 e. The van der Waals surface area contributed by atoms with Crippen molar-refractivity contribution in [3.8, 4) is 0 Å². The van der Waals surface area contributed by atoms with Gasteiger partial charge in [-0.1, -0.05) is 6.08 Å². The van der Waals surface area contributed by atoms with E-state index in [2.05, 4.69) is 31.5 Å². The zero-order chi connectivity index (χ0) is 14.5. The van der Waals surface area contributed by atoms with Crippen molar-refractivity contribution in [1.82, 2.24) is 20.5 Å². The molecule has 0 spiro atoms. The molecule has 0 unspecified atom stereocenters. The molecule has 1 fully saturated rings. The van der Waals surface area contributed by atoms with Gasteiger partial charge in [0.25, 0.3) is 5.91 Å². The smallest absolute Gasteiger partial charge is 0.320 e. The third kappa shape index (κ3) is 1.83. The van der Waals surface area contributed by atoms with Gasteiger partial charge in [0.15, 0.2) is 5.72 Å². The molecule has 3 amide bonds.